The van der Waals surface area contributed by atoms with Gasteiger partial charge in [0.2, 0.25) is 0 Å². The number of amides is 1. The molecule has 21 heavy (non-hydrogen) atoms. The van der Waals surface area contributed by atoms with Gasteiger partial charge in [-0.05, 0) is 12.5 Å². The van der Waals surface area contributed by atoms with E-state index in [9.17, 15) is 4.79 Å². The van der Waals surface area contributed by atoms with Gasteiger partial charge in [-0.2, -0.15) is 0 Å². The Balaban J connectivity index is 2.22. The van der Waals surface area contributed by atoms with Crippen LogP contribution in [0.5, 0.6) is 0 Å². The Labute approximate surface area is 125 Å². The predicted octanol–water partition coefficient (Wildman–Crippen LogP) is 2.24. The molecule has 0 aliphatic rings. The molecule has 0 bridgehead atoms. The van der Waals surface area contributed by atoms with E-state index in [1.807, 2.05) is 37.3 Å². The number of hydrogen-bond donors (Lipinski definition) is 0. The van der Waals surface area contributed by atoms with Crippen LogP contribution in [0.1, 0.15) is 12.5 Å². The summed E-state index contributed by atoms with van der Waals surface area (Å²) in [6.07, 6.45) is -0.396. The van der Waals surface area contributed by atoms with Crippen LogP contribution in [0.3, 0.4) is 0 Å². The summed E-state index contributed by atoms with van der Waals surface area (Å²) < 4.78 is 20.6. The highest BCUT2D eigenvalue weighted by atomic mass is 16.8. The average Bonchev–Trinajstić information content (AvgIpc) is 2.52. The third-order valence-electron chi connectivity index (χ3n) is 2.69. The van der Waals surface area contributed by atoms with Gasteiger partial charge >= 0.3 is 6.09 Å². The van der Waals surface area contributed by atoms with E-state index in [1.165, 1.54) is 12.0 Å². The van der Waals surface area contributed by atoms with Crippen LogP contribution in [0.15, 0.2) is 30.3 Å². The fourth-order valence-electron chi connectivity index (χ4n) is 1.53. The SMILES string of the molecule is CCOC(OC)OCCN(C)C(=O)OCc1ccccc1. The maximum absolute atomic E-state index is 11.8. The highest BCUT2D eigenvalue weighted by Crippen LogP contribution is 2.03. The molecule has 0 aromatic heterocycles. The maximum atomic E-state index is 11.8. The Hall–Kier alpha value is -1.63. The number of hydrogen-bond acceptors (Lipinski definition) is 5. The fraction of sp³-hybridized carbons (Fsp3) is 0.533. The Morgan fingerprint density at radius 3 is 2.57 bits per heavy atom. The molecule has 0 saturated carbocycles. The number of rotatable bonds is 9. The molecule has 118 valence electrons. The number of methoxy groups -OCH3 is 1. The minimum absolute atomic E-state index is 0.254. The maximum Gasteiger partial charge on any atom is 0.409 e. The Morgan fingerprint density at radius 1 is 1.24 bits per heavy atom. The first-order valence-electron chi connectivity index (χ1n) is 6.85. The topological polar surface area (TPSA) is 57.2 Å². The van der Waals surface area contributed by atoms with Crippen molar-refractivity contribution < 1.29 is 23.7 Å². The normalized spacial score (nSPS) is 12.0. The molecule has 1 rings (SSSR count). The molecule has 1 atom stereocenters. The van der Waals surface area contributed by atoms with Crippen molar-refractivity contribution in [2.45, 2.75) is 20.0 Å². The summed E-state index contributed by atoms with van der Waals surface area (Å²) in [6.45, 7) is 2.58. The van der Waals surface area contributed by atoms with Gasteiger partial charge in [0.05, 0.1) is 6.61 Å². The number of ether oxygens (including phenoxy) is 4. The molecule has 0 aliphatic heterocycles. The van der Waals surface area contributed by atoms with Crippen molar-refractivity contribution in [3.8, 4) is 0 Å². The van der Waals surface area contributed by atoms with Crippen molar-refractivity contribution in [1.82, 2.24) is 4.90 Å². The van der Waals surface area contributed by atoms with E-state index >= 15 is 0 Å². The zero-order chi connectivity index (χ0) is 15.5. The van der Waals surface area contributed by atoms with Crippen LogP contribution in [0.25, 0.3) is 0 Å². The minimum Gasteiger partial charge on any atom is -0.445 e. The van der Waals surface area contributed by atoms with Crippen molar-refractivity contribution in [3.63, 3.8) is 0 Å². The molecule has 0 fully saturated rings. The van der Waals surface area contributed by atoms with Crippen LogP contribution in [0, 0.1) is 0 Å². The Morgan fingerprint density at radius 2 is 1.95 bits per heavy atom. The molecule has 1 aromatic carbocycles. The van der Waals surface area contributed by atoms with Gasteiger partial charge in [0.15, 0.2) is 0 Å². The molecule has 6 heteroatoms. The van der Waals surface area contributed by atoms with Crippen LogP contribution in [0.2, 0.25) is 0 Å². The third-order valence-corrected chi connectivity index (χ3v) is 2.69. The Bertz CT molecular complexity index is 398. The highest BCUT2D eigenvalue weighted by Gasteiger charge is 2.12. The molecular formula is C15H23NO5. The standard InChI is InChI=1S/C15H23NO5/c1-4-19-15(18-3)20-11-10-16(2)14(17)21-12-13-8-6-5-7-9-13/h5-9,15H,4,10-12H2,1-3H3. The average molecular weight is 297 g/mol. The third kappa shape index (κ3) is 7.08. The Kier molecular flexibility index (Phi) is 8.42. The van der Waals surface area contributed by atoms with E-state index < -0.39 is 12.6 Å². The largest absolute Gasteiger partial charge is 0.445 e. The van der Waals surface area contributed by atoms with Crippen molar-refractivity contribution in [1.29, 1.82) is 0 Å². The molecule has 0 saturated heterocycles. The van der Waals surface area contributed by atoms with Crippen LogP contribution in [0.4, 0.5) is 4.79 Å². The second kappa shape index (κ2) is 10.1. The second-order valence-corrected chi connectivity index (χ2v) is 4.31. The summed E-state index contributed by atoms with van der Waals surface area (Å²) in [4.78, 5) is 13.2. The predicted molar refractivity (Wildman–Crippen MR) is 77.6 cm³/mol. The van der Waals surface area contributed by atoms with E-state index in [0.717, 1.165) is 5.56 Å². The first-order valence-corrected chi connectivity index (χ1v) is 6.85. The van der Waals surface area contributed by atoms with Crippen LogP contribution < -0.4 is 0 Å². The van der Waals surface area contributed by atoms with Gasteiger partial charge in [-0.3, -0.25) is 0 Å². The lowest BCUT2D eigenvalue weighted by atomic mass is 10.2. The highest BCUT2D eigenvalue weighted by molar-refractivity contribution is 5.67. The first-order chi connectivity index (χ1) is 10.2. The number of nitrogens with zero attached hydrogens (tertiary/aromatic N) is 1. The first kappa shape index (κ1) is 17.4. The summed E-state index contributed by atoms with van der Waals surface area (Å²) in [6, 6.07) is 9.53. The molecular weight excluding hydrogens is 274 g/mol. The summed E-state index contributed by atoms with van der Waals surface area (Å²) >= 11 is 0. The summed E-state index contributed by atoms with van der Waals surface area (Å²) in [7, 11) is 3.15. The number of carbonyl (C=O) groups is 1. The van der Waals surface area contributed by atoms with Gasteiger partial charge in [0, 0.05) is 27.3 Å². The summed E-state index contributed by atoms with van der Waals surface area (Å²) in [5.41, 5.74) is 0.950. The lowest BCUT2D eigenvalue weighted by molar-refractivity contribution is -0.275. The van der Waals surface area contributed by atoms with Crippen molar-refractivity contribution >= 4 is 6.09 Å². The van der Waals surface area contributed by atoms with Crippen molar-refractivity contribution in [2.75, 3.05) is 33.9 Å². The van der Waals surface area contributed by atoms with Gasteiger partial charge < -0.3 is 23.8 Å². The molecule has 1 aromatic rings. The summed E-state index contributed by atoms with van der Waals surface area (Å²) in [5, 5.41) is 0. The molecule has 6 nitrogen and oxygen atoms in total. The smallest absolute Gasteiger partial charge is 0.409 e. The molecule has 0 heterocycles. The molecule has 0 N–H and O–H groups in total. The molecule has 1 amide bonds. The second-order valence-electron chi connectivity index (χ2n) is 4.31. The summed E-state index contributed by atoms with van der Waals surface area (Å²) in [5.74, 6) is 0. The zero-order valence-electron chi connectivity index (χ0n) is 12.8. The van der Waals surface area contributed by atoms with E-state index in [0.29, 0.717) is 19.8 Å². The van der Waals surface area contributed by atoms with Gasteiger partial charge in [-0.1, -0.05) is 30.3 Å². The van der Waals surface area contributed by atoms with E-state index in [4.69, 9.17) is 18.9 Å². The lowest BCUT2D eigenvalue weighted by Crippen LogP contribution is -2.32. The number of carbonyl (C=O) groups excluding carboxylic acids is 1. The van der Waals surface area contributed by atoms with E-state index in [2.05, 4.69) is 0 Å². The molecule has 0 radical (unpaired) electrons. The van der Waals surface area contributed by atoms with Crippen molar-refractivity contribution in [2.24, 2.45) is 0 Å². The van der Waals surface area contributed by atoms with Gasteiger partial charge in [-0.15, -0.1) is 0 Å². The van der Waals surface area contributed by atoms with Gasteiger partial charge in [0.25, 0.3) is 6.48 Å². The molecule has 0 spiro atoms. The number of benzene rings is 1. The van der Waals surface area contributed by atoms with Crippen molar-refractivity contribution in [3.05, 3.63) is 35.9 Å². The minimum atomic E-state index is -0.705. The molecule has 1 unspecified atom stereocenters. The molecule has 0 aliphatic carbocycles. The number of likely N-dealkylation sites (N-methyl/N-ethyl adjacent to an activating group) is 1. The fourth-order valence-corrected chi connectivity index (χ4v) is 1.53. The van der Waals surface area contributed by atoms with Crippen LogP contribution in [-0.2, 0) is 25.6 Å². The quantitative estimate of drug-likeness (QED) is 0.654. The lowest BCUT2D eigenvalue weighted by Gasteiger charge is -2.19. The van der Waals surface area contributed by atoms with E-state index in [-0.39, 0.29) is 6.61 Å². The monoisotopic (exact) mass is 297 g/mol. The zero-order valence-corrected chi connectivity index (χ0v) is 12.8. The van der Waals surface area contributed by atoms with E-state index in [1.54, 1.807) is 7.05 Å². The van der Waals surface area contributed by atoms with Crippen LogP contribution >= 0.6 is 0 Å². The van der Waals surface area contributed by atoms with Crippen LogP contribution in [-0.4, -0.2) is 51.4 Å². The van der Waals surface area contributed by atoms with Gasteiger partial charge in [0.1, 0.15) is 6.61 Å². The van der Waals surface area contributed by atoms with Gasteiger partial charge in [-0.25, -0.2) is 4.79 Å².